The van der Waals surface area contributed by atoms with Crippen molar-refractivity contribution in [2.45, 2.75) is 25.6 Å². The predicted molar refractivity (Wildman–Crippen MR) is 96.2 cm³/mol. The van der Waals surface area contributed by atoms with Crippen molar-refractivity contribution in [2.24, 2.45) is 0 Å². The van der Waals surface area contributed by atoms with E-state index in [-0.39, 0.29) is 5.69 Å². The fraction of sp³-hybridized carbons (Fsp3) is 0.316. The maximum absolute atomic E-state index is 12.8. The number of amides is 2. The standard InChI is InChI=1S/C19H21F3N2O3/c1-18(2,12-8-9-15(26-3)16(11-12)27-4)24-17(25)23-14-7-5-6-13(10-14)19(20,21)22/h5-11H,1-4H3,(H2,23,24,25). The van der Waals surface area contributed by atoms with Gasteiger partial charge in [0.05, 0.1) is 25.3 Å². The summed E-state index contributed by atoms with van der Waals surface area (Å²) < 4.78 is 48.8. The SMILES string of the molecule is COc1ccc(C(C)(C)NC(=O)Nc2cccc(C(F)(F)F)c2)cc1OC. The highest BCUT2D eigenvalue weighted by atomic mass is 19.4. The molecule has 2 rings (SSSR count). The van der Waals surface area contributed by atoms with Crippen molar-refractivity contribution in [3.8, 4) is 11.5 Å². The minimum atomic E-state index is -4.48. The first-order valence-electron chi connectivity index (χ1n) is 8.06. The predicted octanol–water partition coefficient (Wildman–Crippen LogP) is 4.78. The Balaban J connectivity index is 2.15. The van der Waals surface area contributed by atoms with Crippen LogP contribution < -0.4 is 20.1 Å². The maximum atomic E-state index is 12.8. The number of hydrogen-bond acceptors (Lipinski definition) is 3. The fourth-order valence-electron chi connectivity index (χ4n) is 2.52. The minimum Gasteiger partial charge on any atom is -0.493 e. The summed E-state index contributed by atoms with van der Waals surface area (Å²) in [5.74, 6) is 1.05. The summed E-state index contributed by atoms with van der Waals surface area (Å²) in [6.45, 7) is 3.53. The molecule has 0 saturated carbocycles. The van der Waals surface area contributed by atoms with Crippen molar-refractivity contribution in [2.75, 3.05) is 19.5 Å². The van der Waals surface area contributed by atoms with Crippen molar-refractivity contribution in [1.82, 2.24) is 5.32 Å². The lowest BCUT2D eigenvalue weighted by atomic mass is 9.94. The second-order valence-corrected chi connectivity index (χ2v) is 6.35. The van der Waals surface area contributed by atoms with Crippen LogP contribution in [0.3, 0.4) is 0 Å². The second-order valence-electron chi connectivity index (χ2n) is 6.35. The number of benzene rings is 2. The van der Waals surface area contributed by atoms with Crippen molar-refractivity contribution in [3.05, 3.63) is 53.6 Å². The molecule has 0 atom stereocenters. The lowest BCUT2D eigenvalue weighted by Crippen LogP contribution is -2.43. The molecule has 0 fully saturated rings. The van der Waals surface area contributed by atoms with Gasteiger partial charge in [0.2, 0.25) is 0 Å². The largest absolute Gasteiger partial charge is 0.493 e. The van der Waals surface area contributed by atoms with E-state index in [1.807, 2.05) is 0 Å². The van der Waals surface area contributed by atoms with E-state index >= 15 is 0 Å². The van der Waals surface area contributed by atoms with Gasteiger partial charge in [-0.25, -0.2) is 4.79 Å². The third kappa shape index (κ3) is 5.06. The van der Waals surface area contributed by atoms with Gasteiger partial charge in [0.15, 0.2) is 11.5 Å². The molecular formula is C19H21F3N2O3. The van der Waals surface area contributed by atoms with Gasteiger partial charge in [0.1, 0.15) is 0 Å². The molecule has 0 aliphatic rings. The number of halogens is 3. The molecule has 0 aromatic heterocycles. The number of ether oxygens (including phenoxy) is 2. The van der Waals surface area contributed by atoms with Gasteiger partial charge in [-0.1, -0.05) is 12.1 Å². The van der Waals surface area contributed by atoms with Crippen LogP contribution in [0.15, 0.2) is 42.5 Å². The van der Waals surface area contributed by atoms with Crippen LogP contribution in [0.5, 0.6) is 11.5 Å². The number of urea groups is 1. The molecule has 2 N–H and O–H groups in total. The first kappa shape index (κ1) is 20.4. The van der Waals surface area contributed by atoms with Crippen LogP contribution in [0.1, 0.15) is 25.0 Å². The molecule has 0 heterocycles. The van der Waals surface area contributed by atoms with Crippen LogP contribution in [0.4, 0.5) is 23.7 Å². The summed E-state index contributed by atoms with van der Waals surface area (Å²) in [6, 6.07) is 9.02. The van der Waals surface area contributed by atoms with Crippen LogP contribution in [0.2, 0.25) is 0 Å². The average Bonchev–Trinajstić information content (AvgIpc) is 2.60. The normalized spacial score (nSPS) is 11.7. The van der Waals surface area contributed by atoms with E-state index < -0.39 is 23.3 Å². The van der Waals surface area contributed by atoms with Crippen LogP contribution in [-0.4, -0.2) is 20.3 Å². The number of carbonyl (C=O) groups is 1. The fourth-order valence-corrected chi connectivity index (χ4v) is 2.52. The van der Waals surface area contributed by atoms with Gasteiger partial charge in [-0.15, -0.1) is 0 Å². The van der Waals surface area contributed by atoms with Crippen molar-refractivity contribution in [3.63, 3.8) is 0 Å². The third-order valence-electron chi connectivity index (χ3n) is 3.98. The lowest BCUT2D eigenvalue weighted by Gasteiger charge is -2.27. The molecule has 5 nitrogen and oxygen atoms in total. The van der Waals surface area contributed by atoms with Crippen molar-refractivity contribution in [1.29, 1.82) is 0 Å². The third-order valence-corrected chi connectivity index (χ3v) is 3.98. The van der Waals surface area contributed by atoms with Crippen LogP contribution >= 0.6 is 0 Å². The smallest absolute Gasteiger partial charge is 0.416 e. The van der Waals surface area contributed by atoms with E-state index in [2.05, 4.69) is 10.6 Å². The molecule has 146 valence electrons. The van der Waals surface area contributed by atoms with E-state index in [9.17, 15) is 18.0 Å². The highest BCUT2D eigenvalue weighted by molar-refractivity contribution is 5.90. The summed E-state index contributed by atoms with van der Waals surface area (Å²) in [4.78, 5) is 12.3. The molecule has 2 aromatic carbocycles. The molecule has 0 aliphatic carbocycles. The number of carbonyl (C=O) groups excluding carboxylic acids is 1. The molecule has 0 spiro atoms. The zero-order valence-electron chi connectivity index (χ0n) is 15.4. The number of alkyl halides is 3. The van der Waals surface area contributed by atoms with Crippen LogP contribution in [0.25, 0.3) is 0 Å². The topological polar surface area (TPSA) is 59.6 Å². The van der Waals surface area contributed by atoms with Crippen LogP contribution in [0, 0.1) is 0 Å². The summed E-state index contributed by atoms with van der Waals surface area (Å²) >= 11 is 0. The van der Waals surface area contributed by atoms with E-state index in [0.29, 0.717) is 11.5 Å². The monoisotopic (exact) mass is 382 g/mol. The Morgan fingerprint density at radius 2 is 1.59 bits per heavy atom. The molecule has 0 saturated heterocycles. The second kappa shape index (κ2) is 7.77. The summed E-state index contributed by atoms with van der Waals surface area (Å²) in [5, 5.41) is 5.17. The Morgan fingerprint density at radius 3 is 2.19 bits per heavy atom. The molecule has 0 aliphatic heterocycles. The van der Waals surface area contributed by atoms with Crippen molar-refractivity contribution < 1.29 is 27.4 Å². The highest BCUT2D eigenvalue weighted by Gasteiger charge is 2.30. The molecular weight excluding hydrogens is 361 g/mol. The number of anilines is 1. The minimum absolute atomic E-state index is 0.0467. The molecule has 2 amide bonds. The lowest BCUT2D eigenvalue weighted by molar-refractivity contribution is -0.137. The Kier molecular flexibility index (Phi) is 5.88. The first-order chi connectivity index (χ1) is 12.6. The Morgan fingerprint density at radius 1 is 0.926 bits per heavy atom. The van der Waals surface area contributed by atoms with Gasteiger partial charge in [0, 0.05) is 5.69 Å². The Bertz CT molecular complexity index is 820. The maximum Gasteiger partial charge on any atom is 0.416 e. The molecule has 0 radical (unpaired) electrons. The number of rotatable bonds is 5. The Labute approximate surface area is 155 Å². The number of nitrogens with one attached hydrogen (secondary N) is 2. The summed E-state index contributed by atoms with van der Waals surface area (Å²) in [7, 11) is 3.02. The van der Waals surface area contributed by atoms with Gasteiger partial charge >= 0.3 is 12.2 Å². The highest BCUT2D eigenvalue weighted by Crippen LogP contribution is 2.33. The summed E-state index contributed by atoms with van der Waals surface area (Å²) in [6.07, 6.45) is -4.48. The molecule has 8 heteroatoms. The molecule has 0 bridgehead atoms. The van der Waals surface area contributed by atoms with Gasteiger partial charge in [-0.2, -0.15) is 13.2 Å². The number of hydrogen-bond donors (Lipinski definition) is 2. The van der Waals surface area contributed by atoms with Crippen molar-refractivity contribution >= 4 is 11.7 Å². The van der Waals surface area contributed by atoms with Gasteiger partial charge < -0.3 is 20.1 Å². The van der Waals surface area contributed by atoms with Gasteiger partial charge in [-0.3, -0.25) is 0 Å². The first-order valence-corrected chi connectivity index (χ1v) is 8.06. The quantitative estimate of drug-likeness (QED) is 0.782. The number of methoxy groups -OCH3 is 2. The van der Waals surface area contributed by atoms with E-state index in [1.165, 1.54) is 26.4 Å². The average molecular weight is 382 g/mol. The zero-order valence-corrected chi connectivity index (χ0v) is 15.4. The zero-order chi connectivity index (χ0) is 20.2. The van der Waals surface area contributed by atoms with Gasteiger partial charge in [-0.05, 0) is 49.7 Å². The van der Waals surface area contributed by atoms with E-state index in [0.717, 1.165) is 17.7 Å². The Hall–Kier alpha value is -2.90. The van der Waals surface area contributed by atoms with E-state index in [4.69, 9.17) is 9.47 Å². The molecule has 0 unspecified atom stereocenters. The molecule has 2 aromatic rings. The molecule has 27 heavy (non-hydrogen) atoms. The van der Waals surface area contributed by atoms with Gasteiger partial charge in [0.25, 0.3) is 0 Å². The van der Waals surface area contributed by atoms with E-state index in [1.54, 1.807) is 32.0 Å². The van der Waals surface area contributed by atoms with Crippen LogP contribution in [-0.2, 0) is 11.7 Å². The summed E-state index contributed by atoms with van der Waals surface area (Å²) in [5.41, 5.74) is -0.866.